The normalized spacial score (nSPS) is 12.6. The van der Waals surface area contributed by atoms with Gasteiger partial charge in [-0.3, -0.25) is 13.9 Å². The van der Waals surface area contributed by atoms with E-state index in [-0.39, 0.29) is 17.9 Å². The van der Waals surface area contributed by atoms with Gasteiger partial charge in [0.25, 0.3) is 5.56 Å². The Morgan fingerprint density at radius 3 is 2.55 bits per heavy atom. The molecule has 0 atom stereocenters. The SMILES string of the molecule is Cc1ccccc1-c1c2c(=O)n(C)c(=O)n(C)c2c2n1-c1cc(Cl)ccc1OC2. The fourth-order valence-electron chi connectivity index (χ4n) is 4.17. The van der Waals surface area contributed by atoms with E-state index >= 15 is 0 Å². The standard InChI is InChI=1S/C22H18ClN3O3/c1-12-6-4-5-7-14(12)19-18-20(24(2)22(28)25(3)21(18)27)16-11-29-17-9-8-13(23)10-15(17)26(16)19/h4-10H,11H2,1-3H3. The summed E-state index contributed by atoms with van der Waals surface area (Å²) in [6, 6.07) is 13.3. The maximum absolute atomic E-state index is 13.3. The summed E-state index contributed by atoms with van der Waals surface area (Å²) in [5.74, 6) is 0.680. The van der Waals surface area contributed by atoms with Gasteiger partial charge in [0, 0.05) is 24.7 Å². The Balaban J connectivity index is 2.09. The second kappa shape index (κ2) is 6.12. The molecular formula is C22H18ClN3O3. The number of ether oxygens (including phenoxy) is 1. The molecule has 146 valence electrons. The molecule has 0 bridgehead atoms. The highest BCUT2D eigenvalue weighted by Gasteiger charge is 2.30. The first-order valence-corrected chi connectivity index (χ1v) is 9.60. The summed E-state index contributed by atoms with van der Waals surface area (Å²) < 4.78 is 10.6. The molecule has 3 heterocycles. The van der Waals surface area contributed by atoms with Crippen LogP contribution >= 0.6 is 11.6 Å². The molecule has 0 saturated carbocycles. The number of rotatable bonds is 1. The zero-order valence-electron chi connectivity index (χ0n) is 16.2. The van der Waals surface area contributed by atoms with Gasteiger partial charge in [-0.15, -0.1) is 0 Å². The minimum atomic E-state index is -0.371. The van der Waals surface area contributed by atoms with Crippen molar-refractivity contribution in [3.05, 3.63) is 79.6 Å². The highest BCUT2D eigenvalue weighted by Crippen LogP contribution is 2.42. The predicted molar refractivity (Wildman–Crippen MR) is 113 cm³/mol. The van der Waals surface area contributed by atoms with Crippen LogP contribution in [0.3, 0.4) is 0 Å². The van der Waals surface area contributed by atoms with E-state index in [0.717, 1.165) is 32.8 Å². The van der Waals surface area contributed by atoms with Crippen LogP contribution in [0.15, 0.2) is 52.1 Å². The van der Waals surface area contributed by atoms with Crippen molar-refractivity contribution in [2.75, 3.05) is 0 Å². The third kappa shape index (κ3) is 2.36. The summed E-state index contributed by atoms with van der Waals surface area (Å²) >= 11 is 6.29. The number of fused-ring (bicyclic) bond motifs is 5. The van der Waals surface area contributed by atoms with Crippen LogP contribution < -0.4 is 16.0 Å². The molecule has 0 radical (unpaired) electrons. The second-order valence-corrected chi connectivity index (χ2v) is 7.71. The van der Waals surface area contributed by atoms with Gasteiger partial charge in [-0.1, -0.05) is 35.9 Å². The molecule has 0 N–H and O–H groups in total. The molecule has 1 aliphatic heterocycles. The molecule has 0 saturated heterocycles. The van der Waals surface area contributed by atoms with Crippen LogP contribution in [0.1, 0.15) is 11.3 Å². The fraction of sp³-hybridized carbons (Fsp3) is 0.182. The van der Waals surface area contributed by atoms with Crippen molar-refractivity contribution in [1.82, 2.24) is 13.7 Å². The van der Waals surface area contributed by atoms with Crippen LogP contribution in [0.4, 0.5) is 0 Å². The highest BCUT2D eigenvalue weighted by atomic mass is 35.5. The molecule has 7 heteroatoms. The van der Waals surface area contributed by atoms with Gasteiger partial charge in [-0.2, -0.15) is 0 Å². The summed E-state index contributed by atoms with van der Waals surface area (Å²) in [6.07, 6.45) is 0. The smallest absolute Gasteiger partial charge is 0.331 e. The Kier molecular flexibility index (Phi) is 3.76. The molecule has 5 rings (SSSR count). The number of benzene rings is 2. The van der Waals surface area contributed by atoms with Crippen molar-refractivity contribution in [3.8, 4) is 22.7 Å². The van der Waals surface area contributed by atoms with Crippen molar-refractivity contribution in [3.63, 3.8) is 0 Å². The van der Waals surface area contributed by atoms with Gasteiger partial charge in [-0.25, -0.2) is 4.79 Å². The molecule has 6 nitrogen and oxygen atoms in total. The van der Waals surface area contributed by atoms with Crippen molar-refractivity contribution in [2.24, 2.45) is 14.1 Å². The molecule has 0 unspecified atom stereocenters. The Labute approximate surface area is 171 Å². The molecular weight excluding hydrogens is 390 g/mol. The molecule has 1 aliphatic rings. The Morgan fingerprint density at radius 1 is 1.03 bits per heavy atom. The number of hydrogen-bond donors (Lipinski definition) is 0. The van der Waals surface area contributed by atoms with Crippen LogP contribution in [0.25, 0.3) is 27.8 Å². The molecule has 2 aromatic heterocycles. The lowest BCUT2D eigenvalue weighted by molar-refractivity contribution is 0.286. The monoisotopic (exact) mass is 407 g/mol. The van der Waals surface area contributed by atoms with Crippen LogP contribution in [0, 0.1) is 6.92 Å². The third-order valence-corrected chi connectivity index (χ3v) is 5.83. The predicted octanol–water partition coefficient (Wildman–Crippen LogP) is 3.55. The molecule has 29 heavy (non-hydrogen) atoms. The van der Waals surface area contributed by atoms with Gasteiger partial charge in [0.05, 0.1) is 28.0 Å². The largest absolute Gasteiger partial charge is 0.485 e. The highest BCUT2D eigenvalue weighted by molar-refractivity contribution is 6.30. The molecule has 0 aliphatic carbocycles. The van der Waals surface area contributed by atoms with E-state index in [1.807, 2.05) is 47.9 Å². The van der Waals surface area contributed by atoms with Gasteiger partial charge in [-0.05, 0) is 30.7 Å². The Hall–Kier alpha value is -3.25. The van der Waals surface area contributed by atoms with E-state index in [0.29, 0.717) is 21.7 Å². The average molecular weight is 408 g/mol. The molecule has 0 amide bonds. The lowest BCUT2D eigenvalue weighted by Crippen LogP contribution is -2.37. The minimum Gasteiger partial charge on any atom is -0.485 e. The van der Waals surface area contributed by atoms with Crippen molar-refractivity contribution in [2.45, 2.75) is 13.5 Å². The maximum Gasteiger partial charge on any atom is 0.331 e. The lowest BCUT2D eigenvalue weighted by Gasteiger charge is -2.23. The van der Waals surface area contributed by atoms with Crippen LogP contribution in [-0.4, -0.2) is 13.7 Å². The summed E-state index contributed by atoms with van der Waals surface area (Å²) in [5, 5.41) is 1.06. The first-order chi connectivity index (χ1) is 13.9. The number of nitrogens with zero attached hydrogens (tertiary/aromatic N) is 3. The fourth-order valence-corrected chi connectivity index (χ4v) is 4.34. The zero-order valence-corrected chi connectivity index (χ0v) is 16.9. The van der Waals surface area contributed by atoms with Gasteiger partial charge in [0.15, 0.2) is 0 Å². The molecule has 2 aromatic carbocycles. The van der Waals surface area contributed by atoms with E-state index in [1.54, 1.807) is 13.1 Å². The molecule has 0 spiro atoms. The quantitative estimate of drug-likeness (QED) is 0.485. The number of halogens is 1. The summed E-state index contributed by atoms with van der Waals surface area (Å²) in [6.45, 7) is 2.25. The second-order valence-electron chi connectivity index (χ2n) is 7.28. The summed E-state index contributed by atoms with van der Waals surface area (Å²) in [7, 11) is 3.18. The van der Waals surface area contributed by atoms with Crippen molar-refractivity contribution >= 4 is 22.5 Å². The van der Waals surface area contributed by atoms with Gasteiger partial charge >= 0.3 is 5.69 Å². The number of aryl methyl sites for hydroxylation is 2. The van der Waals surface area contributed by atoms with Crippen LogP contribution in [0.5, 0.6) is 5.75 Å². The Morgan fingerprint density at radius 2 is 1.79 bits per heavy atom. The molecule has 4 aromatic rings. The maximum atomic E-state index is 13.3. The van der Waals surface area contributed by atoms with Gasteiger partial charge < -0.3 is 9.30 Å². The van der Waals surface area contributed by atoms with E-state index in [4.69, 9.17) is 16.3 Å². The topological polar surface area (TPSA) is 58.2 Å². The van der Waals surface area contributed by atoms with Crippen molar-refractivity contribution < 1.29 is 4.74 Å². The lowest BCUT2D eigenvalue weighted by atomic mass is 10.0. The summed E-state index contributed by atoms with van der Waals surface area (Å²) in [5.41, 5.74) is 4.09. The summed E-state index contributed by atoms with van der Waals surface area (Å²) in [4.78, 5) is 25.9. The van der Waals surface area contributed by atoms with E-state index < -0.39 is 0 Å². The van der Waals surface area contributed by atoms with Gasteiger partial charge in [0.1, 0.15) is 12.4 Å². The van der Waals surface area contributed by atoms with E-state index in [9.17, 15) is 9.59 Å². The number of hydrogen-bond acceptors (Lipinski definition) is 3. The zero-order chi connectivity index (χ0) is 20.4. The minimum absolute atomic E-state index is 0.247. The van der Waals surface area contributed by atoms with Crippen LogP contribution in [0.2, 0.25) is 5.02 Å². The van der Waals surface area contributed by atoms with Crippen LogP contribution in [-0.2, 0) is 20.7 Å². The van der Waals surface area contributed by atoms with Crippen molar-refractivity contribution in [1.29, 1.82) is 0 Å². The average Bonchev–Trinajstić information content (AvgIpc) is 3.06. The first-order valence-electron chi connectivity index (χ1n) is 9.22. The number of aromatic nitrogens is 3. The molecule has 0 fully saturated rings. The Bertz CT molecular complexity index is 1440. The first kappa shape index (κ1) is 17.8. The van der Waals surface area contributed by atoms with E-state index in [1.165, 1.54) is 11.6 Å². The third-order valence-electron chi connectivity index (χ3n) is 5.59. The van der Waals surface area contributed by atoms with E-state index in [2.05, 4.69) is 0 Å². The van der Waals surface area contributed by atoms with Gasteiger partial charge in [0.2, 0.25) is 0 Å².